The molecule has 3 nitrogen and oxygen atoms in total. The molecule has 0 fully saturated rings. The van der Waals surface area contributed by atoms with Crippen LogP contribution in [0.15, 0.2) is 18.3 Å². The van der Waals surface area contributed by atoms with E-state index in [0.717, 1.165) is 0 Å². The number of hydrogen-bond donors (Lipinski definition) is 1. The molecule has 1 N–H and O–H groups in total. The summed E-state index contributed by atoms with van der Waals surface area (Å²) in [5, 5.41) is 9.42. The molecule has 0 saturated heterocycles. The molecular formula is C10H7FN2O. The van der Waals surface area contributed by atoms with Crippen molar-refractivity contribution in [2.75, 3.05) is 7.11 Å². The Hall–Kier alpha value is -2.02. The van der Waals surface area contributed by atoms with Crippen LogP contribution < -0.4 is 4.74 Å². The lowest BCUT2D eigenvalue weighted by molar-refractivity contribution is 0.387. The van der Waals surface area contributed by atoms with Crippen molar-refractivity contribution in [1.82, 2.24) is 4.98 Å². The van der Waals surface area contributed by atoms with Gasteiger partial charge in [0, 0.05) is 23.2 Å². The van der Waals surface area contributed by atoms with Gasteiger partial charge in [-0.2, -0.15) is 5.26 Å². The van der Waals surface area contributed by atoms with Gasteiger partial charge in [-0.25, -0.2) is 4.39 Å². The number of halogens is 1. The zero-order valence-electron chi connectivity index (χ0n) is 7.47. The van der Waals surface area contributed by atoms with Crippen LogP contribution in [0.25, 0.3) is 10.9 Å². The predicted molar refractivity (Wildman–Crippen MR) is 49.5 cm³/mol. The maximum absolute atomic E-state index is 13.2. The smallest absolute Gasteiger partial charge is 0.167 e. The van der Waals surface area contributed by atoms with Crippen molar-refractivity contribution in [1.29, 1.82) is 5.26 Å². The van der Waals surface area contributed by atoms with Gasteiger partial charge in [0.1, 0.15) is 6.07 Å². The lowest BCUT2D eigenvalue weighted by Crippen LogP contribution is -1.87. The molecule has 0 aliphatic carbocycles. The van der Waals surface area contributed by atoms with E-state index in [0.29, 0.717) is 16.5 Å². The van der Waals surface area contributed by atoms with Crippen molar-refractivity contribution >= 4 is 10.9 Å². The number of fused-ring (bicyclic) bond motifs is 1. The lowest BCUT2D eigenvalue weighted by atomic mass is 10.2. The van der Waals surface area contributed by atoms with Crippen molar-refractivity contribution in [3.05, 3.63) is 29.7 Å². The number of hydrogen-bond acceptors (Lipinski definition) is 2. The van der Waals surface area contributed by atoms with Gasteiger partial charge in [0.25, 0.3) is 0 Å². The van der Waals surface area contributed by atoms with Gasteiger partial charge < -0.3 is 9.72 Å². The van der Waals surface area contributed by atoms with Crippen LogP contribution in [0.4, 0.5) is 4.39 Å². The zero-order valence-corrected chi connectivity index (χ0v) is 7.47. The molecule has 1 aromatic carbocycles. The Morgan fingerprint density at radius 3 is 2.93 bits per heavy atom. The molecule has 14 heavy (non-hydrogen) atoms. The molecule has 0 saturated carbocycles. The first-order valence-corrected chi connectivity index (χ1v) is 4.01. The van der Waals surface area contributed by atoms with Crippen molar-refractivity contribution in [2.45, 2.75) is 0 Å². The quantitative estimate of drug-likeness (QED) is 0.749. The van der Waals surface area contributed by atoms with Crippen LogP contribution in [0.2, 0.25) is 0 Å². The Morgan fingerprint density at radius 1 is 1.50 bits per heavy atom. The molecule has 1 aromatic heterocycles. The van der Waals surface area contributed by atoms with Gasteiger partial charge in [0.15, 0.2) is 11.6 Å². The molecule has 0 aliphatic rings. The third-order valence-corrected chi connectivity index (χ3v) is 2.07. The Morgan fingerprint density at radius 2 is 2.29 bits per heavy atom. The summed E-state index contributed by atoms with van der Waals surface area (Å²) in [7, 11) is 1.39. The summed E-state index contributed by atoms with van der Waals surface area (Å²) in [5.74, 6) is -0.292. The molecule has 0 radical (unpaired) electrons. The third kappa shape index (κ3) is 1.11. The summed E-state index contributed by atoms with van der Waals surface area (Å²) in [4.78, 5) is 2.81. The normalized spacial score (nSPS) is 10.1. The Labute approximate surface area is 79.7 Å². The lowest BCUT2D eigenvalue weighted by Gasteiger charge is -2.01. The minimum Gasteiger partial charge on any atom is -0.494 e. The Bertz CT molecular complexity index is 525. The van der Waals surface area contributed by atoms with Crippen LogP contribution in [0, 0.1) is 17.1 Å². The van der Waals surface area contributed by atoms with E-state index in [2.05, 4.69) is 4.98 Å². The van der Waals surface area contributed by atoms with Crippen LogP contribution in [-0.2, 0) is 0 Å². The number of benzene rings is 1. The molecule has 4 heteroatoms. The first kappa shape index (κ1) is 8.57. The van der Waals surface area contributed by atoms with Crippen LogP contribution >= 0.6 is 0 Å². The summed E-state index contributed by atoms with van der Waals surface area (Å²) in [6.45, 7) is 0. The van der Waals surface area contributed by atoms with Gasteiger partial charge in [0.2, 0.25) is 0 Å². The number of aromatic amines is 1. The fourth-order valence-electron chi connectivity index (χ4n) is 1.37. The molecule has 0 amide bonds. The Balaban J connectivity index is 2.78. The SMILES string of the molecule is COc1cc2c(C#N)c[nH]c2cc1F. The van der Waals surface area contributed by atoms with E-state index in [1.807, 2.05) is 6.07 Å². The summed E-state index contributed by atoms with van der Waals surface area (Å²) in [6, 6.07) is 4.84. The highest BCUT2D eigenvalue weighted by molar-refractivity contribution is 5.87. The standard InChI is InChI=1S/C10H7FN2O/c1-14-10-2-7-6(4-12)5-13-9(7)3-8(10)11/h2-3,5,13H,1H3. The van der Waals surface area contributed by atoms with Crippen molar-refractivity contribution in [3.63, 3.8) is 0 Å². The Kier molecular flexibility index (Phi) is 1.86. The van der Waals surface area contributed by atoms with Gasteiger partial charge in [-0.3, -0.25) is 0 Å². The number of nitrogens with one attached hydrogen (secondary N) is 1. The fraction of sp³-hybridized carbons (Fsp3) is 0.100. The maximum Gasteiger partial charge on any atom is 0.167 e. The van der Waals surface area contributed by atoms with Gasteiger partial charge in [-0.1, -0.05) is 0 Å². The number of nitrogens with zero attached hydrogens (tertiary/aromatic N) is 1. The van der Waals surface area contributed by atoms with E-state index in [4.69, 9.17) is 10.00 Å². The first-order valence-electron chi connectivity index (χ1n) is 4.01. The number of methoxy groups -OCH3 is 1. The molecular weight excluding hydrogens is 183 g/mol. The van der Waals surface area contributed by atoms with Crippen molar-refractivity contribution < 1.29 is 9.13 Å². The fourth-order valence-corrected chi connectivity index (χ4v) is 1.37. The maximum atomic E-state index is 13.2. The van der Waals surface area contributed by atoms with Crippen molar-refractivity contribution in [3.8, 4) is 11.8 Å². The average molecular weight is 190 g/mol. The van der Waals surface area contributed by atoms with E-state index in [1.54, 1.807) is 6.20 Å². The van der Waals surface area contributed by atoms with Gasteiger partial charge in [0.05, 0.1) is 12.7 Å². The molecule has 2 rings (SSSR count). The average Bonchev–Trinajstić information content (AvgIpc) is 2.58. The highest BCUT2D eigenvalue weighted by atomic mass is 19.1. The van der Waals surface area contributed by atoms with Crippen LogP contribution in [0.5, 0.6) is 5.75 Å². The molecule has 0 unspecified atom stereocenters. The number of aromatic nitrogens is 1. The molecule has 0 aliphatic heterocycles. The predicted octanol–water partition coefficient (Wildman–Crippen LogP) is 2.19. The minimum atomic E-state index is -0.439. The first-order chi connectivity index (χ1) is 6.76. The monoisotopic (exact) mass is 190 g/mol. The van der Waals surface area contributed by atoms with E-state index < -0.39 is 5.82 Å². The van der Waals surface area contributed by atoms with Gasteiger partial charge >= 0.3 is 0 Å². The molecule has 2 aromatic rings. The number of H-pyrrole nitrogens is 1. The summed E-state index contributed by atoms with van der Waals surface area (Å²) >= 11 is 0. The highest BCUT2D eigenvalue weighted by Gasteiger charge is 2.08. The highest BCUT2D eigenvalue weighted by Crippen LogP contribution is 2.26. The summed E-state index contributed by atoms with van der Waals surface area (Å²) in [6.07, 6.45) is 1.55. The van der Waals surface area contributed by atoms with E-state index in [-0.39, 0.29) is 5.75 Å². The second-order valence-corrected chi connectivity index (χ2v) is 2.85. The van der Waals surface area contributed by atoms with Crippen LogP contribution in [0.3, 0.4) is 0 Å². The third-order valence-electron chi connectivity index (χ3n) is 2.07. The minimum absolute atomic E-state index is 0.147. The van der Waals surface area contributed by atoms with Crippen molar-refractivity contribution in [2.24, 2.45) is 0 Å². The number of ether oxygens (including phenoxy) is 1. The van der Waals surface area contributed by atoms with Gasteiger partial charge in [-0.05, 0) is 6.07 Å². The molecule has 0 bridgehead atoms. The molecule has 0 atom stereocenters. The number of nitriles is 1. The largest absolute Gasteiger partial charge is 0.494 e. The van der Waals surface area contributed by atoms with E-state index in [1.165, 1.54) is 19.2 Å². The second kappa shape index (κ2) is 3.04. The molecule has 0 spiro atoms. The number of rotatable bonds is 1. The molecule has 70 valence electrons. The molecule has 1 heterocycles. The van der Waals surface area contributed by atoms with E-state index in [9.17, 15) is 4.39 Å². The van der Waals surface area contributed by atoms with E-state index >= 15 is 0 Å². The zero-order chi connectivity index (χ0) is 10.1. The topological polar surface area (TPSA) is 48.8 Å². The second-order valence-electron chi connectivity index (χ2n) is 2.85. The van der Waals surface area contributed by atoms with Crippen LogP contribution in [0.1, 0.15) is 5.56 Å². The summed E-state index contributed by atoms with van der Waals surface area (Å²) < 4.78 is 18.0. The van der Waals surface area contributed by atoms with Crippen LogP contribution in [-0.4, -0.2) is 12.1 Å². The summed E-state index contributed by atoms with van der Waals surface area (Å²) in [5.41, 5.74) is 1.08. The van der Waals surface area contributed by atoms with Gasteiger partial charge in [-0.15, -0.1) is 0 Å².